The lowest BCUT2D eigenvalue weighted by atomic mass is 10.1. The highest BCUT2D eigenvalue weighted by molar-refractivity contribution is 5.93. The van der Waals surface area contributed by atoms with Crippen LogP contribution >= 0.6 is 0 Å². The van der Waals surface area contributed by atoms with E-state index in [1.165, 1.54) is 6.07 Å². The maximum Gasteiger partial charge on any atom is 0.276 e. The number of furan rings is 1. The Hall–Kier alpha value is -3.87. The number of carbonyl (C=O) groups is 1. The molecule has 2 aromatic carbocycles. The molecular formula is C25H24FN3O3. The zero-order valence-corrected chi connectivity index (χ0v) is 18.2. The third kappa shape index (κ3) is 4.72. The van der Waals surface area contributed by atoms with Gasteiger partial charge in [-0.1, -0.05) is 17.3 Å². The maximum absolute atomic E-state index is 13.6. The number of hydrogen-bond donors (Lipinski definition) is 0. The number of halogens is 1. The average molecular weight is 433 g/mol. The summed E-state index contributed by atoms with van der Waals surface area (Å²) in [6.45, 7) is 2.35. The van der Waals surface area contributed by atoms with Gasteiger partial charge < -0.3 is 18.7 Å². The molecule has 0 unspecified atom stereocenters. The van der Waals surface area contributed by atoms with Crippen molar-refractivity contribution in [1.82, 2.24) is 10.1 Å². The summed E-state index contributed by atoms with van der Waals surface area (Å²) in [5, 5.41) is 3.98. The summed E-state index contributed by atoms with van der Waals surface area (Å²) < 4.78 is 24.4. The van der Waals surface area contributed by atoms with Crippen molar-refractivity contribution in [2.45, 2.75) is 20.0 Å². The molecule has 0 spiro atoms. The first kappa shape index (κ1) is 21.4. The van der Waals surface area contributed by atoms with Crippen molar-refractivity contribution >= 4 is 11.6 Å². The van der Waals surface area contributed by atoms with Crippen LogP contribution in [0, 0.1) is 12.7 Å². The number of rotatable bonds is 7. The van der Waals surface area contributed by atoms with Crippen LogP contribution in [-0.4, -0.2) is 30.1 Å². The lowest BCUT2D eigenvalue weighted by Crippen LogP contribution is -2.30. The molecule has 6 nitrogen and oxygen atoms in total. The fourth-order valence-electron chi connectivity index (χ4n) is 3.38. The van der Waals surface area contributed by atoms with E-state index in [1.54, 1.807) is 42.4 Å². The minimum atomic E-state index is -0.297. The average Bonchev–Trinajstić information content (AvgIpc) is 3.47. The Morgan fingerprint density at radius 3 is 2.47 bits per heavy atom. The van der Waals surface area contributed by atoms with Crippen LogP contribution in [0.25, 0.3) is 11.3 Å². The molecule has 7 heteroatoms. The predicted octanol–water partition coefficient (Wildman–Crippen LogP) is 5.29. The molecule has 1 amide bonds. The standard InChI is InChI=1S/C25H24FN3O3/c1-17-13-19(8-11-22(17)26)24-14-23(27-32-24)25(30)29(16-21-5-4-12-31-21)15-18-6-9-20(10-7-18)28(2)3/h4-14H,15-16H2,1-3H3. The minimum Gasteiger partial charge on any atom is -0.467 e. The van der Waals surface area contributed by atoms with Gasteiger partial charge in [-0.15, -0.1) is 0 Å². The molecule has 0 N–H and O–H groups in total. The monoisotopic (exact) mass is 433 g/mol. The Bertz CT molecular complexity index is 1200. The second kappa shape index (κ2) is 9.09. The Labute approximate surface area is 185 Å². The zero-order valence-electron chi connectivity index (χ0n) is 18.2. The van der Waals surface area contributed by atoms with Gasteiger partial charge in [-0.25, -0.2) is 4.39 Å². The van der Waals surface area contributed by atoms with E-state index in [0.717, 1.165) is 11.3 Å². The second-order valence-electron chi connectivity index (χ2n) is 7.84. The number of anilines is 1. The summed E-state index contributed by atoms with van der Waals surface area (Å²) in [7, 11) is 3.96. The van der Waals surface area contributed by atoms with E-state index >= 15 is 0 Å². The van der Waals surface area contributed by atoms with Crippen molar-refractivity contribution in [2.75, 3.05) is 19.0 Å². The van der Waals surface area contributed by atoms with Crippen LogP contribution in [0.2, 0.25) is 0 Å². The first-order valence-corrected chi connectivity index (χ1v) is 10.2. The van der Waals surface area contributed by atoms with E-state index in [9.17, 15) is 9.18 Å². The number of carbonyl (C=O) groups excluding carboxylic acids is 1. The van der Waals surface area contributed by atoms with Crippen molar-refractivity contribution in [3.05, 3.63) is 95.3 Å². The van der Waals surface area contributed by atoms with Gasteiger partial charge in [-0.2, -0.15) is 0 Å². The fourth-order valence-corrected chi connectivity index (χ4v) is 3.38. The zero-order chi connectivity index (χ0) is 22.7. The van der Waals surface area contributed by atoms with Gasteiger partial charge >= 0.3 is 0 Å². The molecule has 0 bridgehead atoms. The Kier molecular flexibility index (Phi) is 6.07. The van der Waals surface area contributed by atoms with Crippen molar-refractivity contribution in [3.63, 3.8) is 0 Å². The highest BCUT2D eigenvalue weighted by Crippen LogP contribution is 2.24. The third-order valence-corrected chi connectivity index (χ3v) is 5.21. The second-order valence-corrected chi connectivity index (χ2v) is 7.84. The number of aryl methyl sites for hydroxylation is 1. The Morgan fingerprint density at radius 2 is 1.81 bits per heavy atom. The summed E-state index contributed by atoms with van der Waals surface area (Å²) in [5.74, 6) is 0.493. The minimum absolute atomic E-state index is 0.179. The number of hydrogen-bond acceptors (Lipinski definition) is 5. The molecule has 0 aliphatic heterocycles. The van der Waals surface area contributed by atoms with Crippen molar-refractivity contribution in [1.29, 1.82) is 0 Å². The topological polar surface area (TPSA) is 62.7 Å². The molecule has 0 atom stereocenters. The summed E-state index contributed by atoms with van der Waals surface area (Å²) >= 11 is 0. The molecule has 4 aromatic rings. The highest BCUT2D eigenvalue weighted by atomic mass is 19.1. The van der Waals surface area contributed by atoms with Crippen LogP contribution in [0.3, 0.4) is 0 Å². The summed E-state index contributed by atoms with van der Waals surface area (Å²) in [4.78, 5) is 17.0. The molecule has 0 saturated heterocycles. The molecule has 2 aromatic heterocycles. The van der Waals surface area contributed by atoms with Crippen LogP contribution in [0.4, 0.5) is 10.1 Å². The summed E-state index contributed by atoms with van der Waals surface area (Å²) in [6, 6.07) is 17.8. The van der Waals surface area contributed by atoms with Gasteiger partial charge in [0.15, 0.2) is 11.5 Å². The molecule has 0 fully saturated rings. The van der Waals surface area contributed by atoms with Crippen molar-refractivity contribution in [3.8, 4) is 11.3 Å². The molecule has 0 aliphatic rings. The van der Waals surface area contributed by atoms with Gasteiger partial charge in [0.2, 0.25) is 0 Å². The number of nitrogens with zero attached hydrogens (tertiary/aromatic N) is 3. The molecule has 0 aliphatic carbocycles. The van der Waals surface area contributed by atoms with Gasteiger partial charge in [0.05, 0.1) is 12.8 Å². The SMILES string of the molecule is Cc1cc(-c2cc(C(=O)N(Cc3ccc(N(C)C)cc3)Cc3ccco3)no2)ccc1F. The smallest absolute Gasteiger partial charge is 0.276 e. The lowest BCUT2D eigenvalue weighted by Gasteiger charge is -2.21. The van der Waals surface area contributed by atoms with Gasteiger partial charge in [0.1, 0.15) is 11.6 Å². The van der Waals surface area contributed by atoms with Gasteiger partial charge in [0, 0.05) is 38.0 Å². The van der Waals surface area contributed by atoms with Crippen molar-refractivity contribution in [2.24, 2.45) is 0 Å². The molecule has 2 heterocycles. The lowest BCUT2D eigenvalue weighted by molar-refractivity contribution is 0.0707. The number of amides is 1. The van der Waals surface area contributed by atoms with E-state index in [0.29, 0.717) is 35.7 Å². The Morgan fingerprint density at radius 1 is 1.03 bits per heavy atom. The molecule has 0 radical (unpaired) electrons. The summed E-state index contributed by atoms with van der Waals surface area (Å²) in [5.41, 5.74) is 3.39. The van der Waals surface area contributed by atoms with Gasteiger partial charge in [-0.05, 0) is 60.5 Å². The van der Waals surface area contributed by atoms with E-state index in [2.05, 4.69) is 5.16 Å². The van der Waals surface area contributed by atoms with Gasteiger partial charge in [0.25, 0.3) is 5.91 Å². The third-order valence-electron chi connectivity index (χ3n) is 5.21. The number of benzene rings is 2. The highest BCUT2D eigenvalue weighted by Gasteiger charge is 2.22. The van der Waals surface area contributed by atoms with Gasteiger partial charge in [-0.3, -0.25) is 4.79 Å². The molecule has 4 rings (SSSR count). The first-order valence-electron chi connectivity index (χ1n) is 10.2. The fraction of sp³-hybridized carbons (Fsp3) is 0.200. The first-order chi connectivity index (χ1) is 15.4. The van der Waals surface area contributed by atoms with E-state index < -0.39 is 0 Å². The van der Waals surface area contributed by atoms with Crippen LogP contribution in [0.1, 0.15) is 27.4 Å². The van der Waals surface area contributed by atoms with E-state index in [-0.39, 0.29) is 17.4 Å². The molecule has 0 saturated carbocycles. The normalized spacial score (nSPS) is 10.9. The van der Waals surface area contributed by atoms with E-state index in [4.69, 9.17) is 8.94 Å². The molecule has 164 valence electrons. The van der Waals surface area contributed by atoms with Crippen LogP contribution in [0.5, 0.6) is 0 Å². The van der Waals surface area contributed by atoms with Crippen LogP contribution < -0.4 is 4.90 Å². The van der Waals surface area contributed by atoms with Crippen LogP contribution in [0.15, 0.2) is 75.9 Å². The van der Waals surface area contributed by atoms with E-state index in [1.807, 2.05) is 49.3 Å². The maximum atomic E-state index is 13.6. The summed E-state index contributed by atoms with van der Waals surface area (Å²) in [6.07, 6.45) is 1.58. The largest absolute Gasteiger partial charge is 0.467 e. The quantitative estimate of drug-likeness (QED) is 0.396. The predicted molar refractivity (Wildman–Crippen MR) is 120 cm³/mol. The number of aromatic nitrogens is 1. The van der Waals surface area contributed by atoms with Crippen LogP contribution in [-0.2, 0) is 13.1 Å². The Balaban J connectivity index is 1.58. The molecule has 32 heavy (non-hydrogen) atoms. The van der Waals surface area contributed by atoms with Crippen molar-refractivity contribution < 1.29 is 18.1 Å². The molecular weight excluding hydrogens is 409 g/mol.